The van der Waals surface area contributed by atoms with Crippen LogP contribution in [0.4, 0.5) is 10.1 Å². The minimum absolute atomic E-state index is 0.0189. The second-order valence-electron chi connectivity index (χ2n) is 8.97. The lowest BCUT2D eigenvalue weighted by atomic mass is 10.1. The van der Waals surface area contributed by atoms with E-state index in [9.17, 15) is 22.4 Å². The van der Waals surface area contributed by atoms with Crippen molar-refractivity contribution in [2.45, 2.75) is 65.5 Å². The molecule has 1 atom stereocenters. The van der Waals surface area contributed by atoms with Gasteiger partial charge in [-0.05, 0) is 43.9 Å². The molecule has 9 heteroatoms. The third-order valence-corrected chi connectivity index (χ3v) is 7.14. The van der Waals surface area contributed by atoms with Crippen LogP contribution in [0.15, 0.2) is 48.5 Å². The molecule has 2 aromatic carbocycles. The molecule has 0 bridgehead atoms. The number of hydrogen-bond donors (Lipinski definition) is 1. The van der Waals surface area contributed by atoms with Gasteiger partial charge >= 0.3 is 0 Å². The van der Waals surface area contributed by atoms with Crippen molar-refractivity contribution in [3.8, 4) is 0 Å². The summed E-state index contributed by atoms with van der Waals surface area (Å²) in [5.74, 6) is -1.10. The fraction of sp³-hybridized carbons (Fsp3) is 0.481. The van der Waals surface area contributed by atoms with Crippen molar-refractivity contribution in [3.05, 3.63) is 65.5 Å². The number of carbonyl (C=O) groups is 2. The van der Waals surface area contributed by atoms with Crippen LogP contribution in [-0.4, -0.2) is 50.5 Å². The number of unbranched alkanes of at least 4 members (excludes halogenated alkanes) is 1. The number of benzene rings is 2. The van der Waals surface area contributed by atoms with Crippen LogP contribution in [0.3, 0.4) is 0 Å². The van der Waals surface area contributed by atoms with E-state index < -0.39 is 21.9 Å². The van der Waals surface area contributed by atoms with Gasteiger partial charge in [0, 0.05) is 26.1 Å². The molecule has 1 N–H and O–H groups in total. The first-order valence-electron chi connectivity index (χ1n) is 12.4. The molecule has 2 rings (SSSR count). The third-order valence-electron chi connectivity index (χ3n) is 5.96. The Morgan fingerprint density at radius 2 is 1.69 bits per heavy atom. The van der Waals surface area contributed by atoms with E-state index in [2.05, 4.69) is 5.32 Å². The highest BCUT2D eigenvalue weighted by Crippen LogP contribution is 2.22. The summed E-state index contributed by atoms with van der Waals surface area (Å²) < 4.78 is 40.0. The Labute approximate surface area is 214 Å². The van der Waals surface area contributed by atoms with E-state index in [1.165, 1.54) is 18.2 Å². The van der Waals surface area contributed by atoms with E-state index in [0.717, 1.165) is 34.5 Å². The largest absolute Gasteiger partial charge is 0.354 e. The lowest BCUT2D eigenvalue weighted by Gasteiger charge is -2.31. The number of anilines is 1. The van der Waals surface area contributed by atoms with Gasteiger partial charge in [-0.3, -0.25) is 13.9 Å². The van der Waals surface area contributed by atoms with Crippen molar-refractivity contribution < 1.29 is 22.4 Å². The maximum Gasteiger partial charge on any atom is 0.242 e. The normalized spacial score (nSPS) is 12.1. The zero-order valence-corrected chi connectivity index (χ0v) is 22.5. The van der Waals surface area contributed by atoms with E-state index in [1.807, 2.05) is 45.0 Å². The van der Waals surface area contributed by atoms with Gasteiger partial charge in [-0.15, -0.1) is 0 Å². The van der Waals surface area contributed by atoms with Gasteiger partial charge in [0.25, 0.3) is 0 Å². The summed E-state index contributed by atoms with van der Waals surface area (Å²) in [5.41, 5.74) is 1.94. The zero-order valence-electron chi connectivity index (χ0n) is 21.7. The highest BCUT2D eigenvalue weighted by molar-refractivity contribution is 7.92. The maximum atomic E-state index is 14.3. The summed E-state index contributed by atoms with van der Waals surface area (Å²) in [6.45, 7) is 6.64. The van der Waals surface area contributed by atoms with Gasteiger partial charge in [0.15, 0.2) is 0 Å². The Morgan fingerprint density at radius 3 is 2.28 bits per heavy atom. The molecule has 2 amide bonds. The molecule has 7 nitrogen and oxygen atoms in total. The number of carbonyl (C=O) groups excluding carboxylic acids is 2. The molecule has 36 heavy (non-hydrogen) atoms. The molecule has 1 unspecified atom stereocenters. The van der Waals surface area contributed by atoms with Crippen molar-refractivity contribution in [1.82, 2.24) is 10.2 Å². The smallest absolute Gasteiger partial charge is 0.242 e. The molecular formula is C27H38FN3O4S. The first-order valence-corrected chi connectivity index (χ1v) is 14.3. The quantitative estimate of drug-likeness (QED) is 0.375. The van der Waals surface area contributed by atoms with Gasteiger partial charge in [-0.2, -0.15) is 0 Å². The van der Waals surface area contributed by atoms with Crippen molar-refractivity contribution >= 4 is 27.5 Å². The standard InChI is InChI=1S/C27H38FN3O4S/c1-5-7-18-29-27(33)24(6-2)30(20-22-16-14-21(3)15-17-22)26(32)13-10-19-31(36(4,34)35)25-12-9-8-11-23(25)28/h8-9,11-12,14-17,24H,5-7,10,13,18-20H2,1-4H3,(H,29,33). The van der Waals surface area contributed by atoms with E-state index in [1.54, 1.807) is 11.0 Å². The number of nitrogens with one attached hydrogen (secondary N) is 1. The van der Waals surface area contributed by atoms with Crippen LogP contribution in [0.2, 0.25) is 0 Å². The summed E-state index contributed by atoms with van der Waals surface area (Å²) in [5, 5.41) is 2.92. The maximum absolute atomic E-state index is 14.3. The number of amides is 2. The Morgan fingerprint density at radius 1 is 1.03 bits per heavy atom. The second kappa shape index (κ2) is 14.0. The number of hydrogen-bond acceptors (Lipinski definition) is 4. The summed E-state index contributed by atoms with van der Waals surface area (Å²) >= 11 is 0. The monoisotopic (exact) mass is 519 g/mol. The first-order chi connectivity index (χ1) is 17.1. The van der Waals surface area contributed by atoms with Crippen LogP contribution in [0.1, 0.15) is 57.1 Å². The fourth-order valence-electron chi connectivity index (χ4n) is 3.95. The zero-order chi connectivity index (χ0) is 26.7. The number of nitrogens with zero attached hydrogens (tertiary/aromatic N) is 2. The van der Waals surface area contributed by atoms with E-state index in [0.29, 0.717) is 13.0 Å². The van der Waals surface area contributed by atoms with Crippen molar-refractivity contribution in [2.75, 3.05) is 23.7 Å². The average Bonchev–Trinajstić information content (AvgIpc) is 2.83. The van der Waals surface area contributed by atoms with Crippen LogP contribution < -0.4 is 9.62 Å². The van der Waals surface area contributed by atoms with Crippen LogP contribution in [0.5, 0.6) is 0 Å². The van der Waals surface area contributed by atoms with E-state index in [-0.39, 0.29) is 43.4 Å². The summed E-state index contributed by atoms with van der Waals surface area (Å²) in [4.78, 5) is 27.9. The molecule has 0 aliphatic rings. The van der Waals surface area contributed by atoms with Gasteiger partial charge in [0.05, 0.1) is 11.9 Å². The molecule has 0 fully saturated rings. The molecule has 0 radical (unpaired) electrons. The van der Waals surface area contributed by atoms with E-state index >= 15 is 0 Å². The molecule has 198 valence electrons. The predicted octanol–water partition coefficient (Wildman–Crippen LogP) is 4.40. The Balaban J connectivity index is 2.20. The predicted molar refractivity (Wildman–Crippen MR) is 142 cm³/mol. The molecule has 0 aliphatic carbocycles. The Bertz CT molecular complexity index is 1110. The number of rotatable bonds is 14. The first kappa shape index (κ1) is 29.3. The molecule has 2 aromatic rings. The van der Waals surface area contributed by atoms with Crippen molar-refractivity contribution in [3.63, 3.8) is 0 Å². The third kappa shape index (κ3) is 8.62. The lowest BCUT2D eigenvalue weighted by Crippen LogP contribution is -2.49. The molecular weight excluding hydrogens is 481 g/mol. The van der Waals surface area contributed by atoms with E-state index in [4.69, 9.17) is 0 Å². The molecule has 0 saturated carbocycles. The molecule has 0 aromatic heterocycles. The number of para-hydroxylation sites is 1. The van der Waals surface area contributed by atoms with Crippen LogP contribution >= 0.6 is 0 Å². The van der Waals surface area contributed by atoms with Gasteiger partial charge in [-0.25, -0.2) is 12.8 Å². The number of aryl methyl sites for hydroxylation is 1. The fourth-order valence-corrected chi connectivity index (χ4v) is 4.92. The molecule has 0 heterocycles. The van der Waals surface area contributed by atoms with Crippen LogP contribution in [0.25, 0.3) is 0 Å². The Hall–Kier alpha value is -2.94. The van der Waals surface area contributed by atoms with Crippen molar-refractivity contribution in [1.29, 1.82) is 0 Å². The summed E-state index contributed by atoms with van der Waals surface area (Å²) in [7, 11) is -3.75. The van der Waals surface area contributed by atoms with Gasteiger partial charge < -0.3 is 10.2 Å². The lowest BCUT2D eigenvalue weighted by molar-refractivity contribution is -0.141. The van der Waals surface area contributed by atoms with Gasteiger partial charge in [0.1, 0.15) is 11.9 Å². The summed E-state index contributed by atoms with van der Waals surface area (Å²) in [6.07, 6.45) is 3.45. The average molecular weight is 520 g/mol. The van der Waals surface area contributed by atoms with Crippen molar-refractivity contribution in [2.24, 2.45) is 0 Å². The van der Waals surface area contributed by atoms with Crippen LogP contribution in [-0.2, 0) is 26.2 Å². The topological polar surface area (TPSA) is 86.8 Å². The van der Waals surface area contributed by atoms with Crippen LogP contribution in [0, 0.1) is 12.7 Å². The molecule has 0 aliphatic heterocycles. The highest BCUT2D eigenvalue weighted by atomic mass is 32.2. The minimum atomic E-state index is -3.75. The molecule has 0 spiro atoms. The van der Waals surface area contributed by atoms with Gasteiger partial charge in [0.2, 0.25) is 21.8 Å². The number of sulfonamides is 1. The minimum Gasteiger partial charge on any atom is -0.354 e. The number of halogens is 1. The molecule has 0 saturated heterocycles. The van der Waals surface area contributed by atoms with Gasteiger partial charge in [-0.1, -0.05) is 62.2 Å². The Kier molecular flexibility index (Phi) is 11.4. The highest BCUT2D eigenvalue weighted by Gasteiger charge is 2.29. The SMILES string of the molecule is CCCCNC(=O)C(CC)N(Cc1ccc(C)cc1)C(=O)CCCN(c1ccccc1F)S(C)(=O)=O. The summed E-state index contributed by atoms with van der Waals surface area (Å²) in [6, 6.07) is 12.8. The second-order valence-corrected chi connectivity index (χ2v) is 10.9.